The maximum absolute atomic E-state index is 11.7. The van der Waals surface area contributed by atoms with E-state index in [-0.39, 0.29) is 24.4 Å². The molecule has 1 aliphatic rings. The van der Waals surface area contributed by atoms with E-state index in [1.165, 1.54) is 12.8 Å². The lowest BCUT2D eigenvalue weighted by Gasteiger charge is -2.13. The summed E-state index contributed by atoms with van der Waals surface area (Å²) in [7, 11) is 0. The molecule has 1 unspecified atom stereocenters. The van der Waals surface area contributed by atoms with E-state index in [1.54, 1.807) is 0 Å². The number of para-hydroxylation sites is 1. The molecule has 1 aliphatic carbocycles. The average Bonchev–Trinajstić information content (AvgIpc) is 3.03. The Kier molecular flexibility index (Phi) is 4.77. The zero-order valence-corrected chi connectivity index (χ0v) is 10.1. The van der Waals surface area contributed by atoms with Gasteiger partial charge in [-0.25, -0.2) is 0 Å². The molecule has 3 nitrogen and oxygen atoms in total. The van der Waals surface area contributed by atoms with Gasteiger partial charge in [0.05, 0.1) is 6.04 Å². The summed E-state index contributed by atoms with van der Waals surface area (Å²) in [5.74, 6) is 0.0353. The number of carbonyl (C=O) groups is 1. The monoisotopic (exact) mass is 240 g/mol. The van der Waals surface area contributed by atoms with Crippen LogP contribution in [0, 0.1) is 0 Å². The molecule has 0 aromatic heterocycles. The van der Waals surface area contributed by atoms with Crippen LogP contribution in [0.2, 0.25) is 0 Å². The highest BCUT2D eigenvalue weighted by Crippen LogP contribution is 2.19. The third-order valence-electron chi connectivity index (χ3n) is 2.50. The molecule has 4 heteroatoms. The fourth-order valence-corrected chi connectivity index (χ4v) is 1.45. The summed E-state index contributed by atoms with van der Waals surface area (Å²) >= 11 is 0. The Morgan fingerprint density at radius 2 is 1.94 bits per heavy atom. The first-order valence-corrected chi connectivity index (χ1v) is 5.37. The highest BCUT2D eigenvalue weighted by molar-refractivity contribution is 5.94. The first kappa shape index (κ1) is 13.0. The van der Waals surface area contributed by atoms with Crippen LogP contribution >= 0.6 is 12.4 Å². The second kappa shape index (κ2) is 5.87. The lowest BCUT2D eigenvalue weighted by Crippen LogP contribution is -2.39. The van der Waals surface area contributed by atoms with Crippen LogP contribution in [-0.2, 0) is 4.79 Å². The molecule has 1 saturated carbocycles. The Labute approximate surface area is 102 Å². The Hall–Kier alpha value is -1.06. The van der Waals surface area contributed by atoms with E-state index in [0.717, 1.165) is 5.69 Å². The number of anilines is 1. The van der Waals surface area contributed by atoms with Crippen molar-refractivity contribution >= 4 is 24.0 Å². The summed E-state index contributed by atoms with van der Waals surface area (Å²) in [4.78, 5) is 11.7. The second-order valence-electron chi connectivity index (χ2n) is 4.02. The van der Waals surface area contributed by atoms with Gasteiger partial charge in [0, 0.05) is 11.7 Å². The maximum Gasteiger partial charge on any atom is 0.241 e. The molecule has 1 amide bonds. The van der Waals surface area contributed by atoms with Crippen LogP contribution < -0.4 is 10.6 Å². The fourth-order valence-electron chi connectivity index (χ4n) is 1.45. The van der Waals surface area contributed by atoms with Gasteiger partial charge >= 0.3 is 0 Å². The van der Waals surface area contributed by atoms with Gasteiger partial charge in [-0.2, -0.15) is 0 Å². The van der Waals surface area contributed by atoms with Crippen LogP contribution in [0.4, 0.5) is 5.69 Å². The third-order valence-corrected chi connectivity index (χ3v) is 2.50. The molecule has 0 aliphatic heterocycles. The smallest absolute Gasteiger partial charge is 0.241 e. The number of hydrogen-bond acceptors (Lipinski definition) is 2. The van der Waals surface area contributed by atoms with Gasteiger partial charge in [0.1, 0.15) is 0 Å². The predicted molar refractivity (Wildman–Crippen MR) is 67.9 cm³/mol. The zero-order chi connectivity index (χ0) is 10.7. The van der Waals surface area contributed by atoms with E-state index in [4.69, 9.17) is 0 Å². The van der Waals surface area contributed by atoms with Crippen molar-refractivity contribution in [2.24, 2.45) is 0 Å². The van der Waals surface area contributed by atoms with Crippen molar-refractivity contribution in [3.05, 3.63) is 30.3 Å². The third kappa shape index (κ3) is 3.83. The van der Waals surface area contributed by atoms with Crippen LogP contribution in [0.15, 0.2) is 30.3 Å². The minimum Gasteiger partial charge on any atom is -0.325 e. The van der Waals surface area contributed by atoms with Gasteiger partial charge < -0.3 is 10.6 Å². The van der Waals surface area contributed by atoms with E-state index >= 15 is 0 Å². The fraction of sp³-hybridized carbons (Fsp3) is 0.417. The zero-order valence-electron chi connectivity index (χ0n) is 9.27. The molecule has 16 heavy (non-hydrogen) atoms. The molecule has 1 aromatic rings. The van der Waals surface area contributed by atoms with Crippen LogP contribution in [0.1, 0.15) is 19.8 Å². The first-order chi connectivity index (χ1) is 7.25. The highest BCUT2D eigenvalue weighted by atomic mass is 35.5. The molecule has 0 radical (unpaired) electrons. The SMILES string of the molecule is CC(NC1CC1)C(=O)Nc1ccccc1.Cl. The second-order valence-corrected chi connectivity index (χ2v) is 4.02. The largest absolute Gasteiger partial charge is 0.325 e. The van der Waals surface area contributed by atoms with Gasteiger partial charge in [-0.15, -0.1) is 12.4 Å². The Morgan fingerprint density at radius 1 is 1.31 bits per heavy atom. The molecule has 88 valence electrons. The summed E-state index contributed by atoms with van der Waals surface area (Å²) < 4.78 is 0. The van der Waals surface area contributed by atoms with Gasteiger partial charge in [-0.3, -0.25) is 4.79 Å². The molecular weight excluding hydrogens is 224 g/mol. The van der Waals surface area contributed by atoms with Crippen LogP contribution in [0.3, 0.4) is 0 Å². The topological polar surface area (TPSA) is 41.1 Å². The average molecular weight is 241 g/mol. The molecule has 1 fully saturated rings. The summed E-state index contributed by atoms with van der Waals surface area (Å²) in [6.07, 6.45) is 2.39. The molecular formula is C12H17ClN2O. The van der Waals surface area contributed by atoms with Crippen molar-refractivity contribution in [2.45, 2.75) is 31.8 Å². The maximum atomic E-state index is 11.7. The van der Waals surface area contributed by atoms with Crippen molar-refractivity contribution < 1.29 is 4.79 Å². The van der Waals surface area contributed by atoms with Crippen molar-refractivity contribution in [3.8, 4) is 0 Å². The highest BCUT2D eigenvalue weighted by Gasteiger charge is 2.25. The molecule has 0 heterocycles. The van der Waals surface area contributed by atoms with Crippen LogP contribution in [0.5, 0.6) is 0 Å². The Morgan fingerprint density at radius 3 is 2.50 bits per heavy atom. The molecule has 0 saturated heterocycles. The summed E-state index contributed by atoms with van der Waals surface area (Å²) in [5.41, 5.74) is 0.854. The number of benzene rings is 1. The van der Waals surface area contributed by atoms with E-state index in [9.17, 15) is 4.79 Å². The van der Waals surface area contributed by atoms with Gasteiger partial charge in [0.15, 0.2) is 0 Å². The van der Waals surface area contributed by atoms with Gasteiger partial charge in [-0.05, 0) is 31.9 Å². The molecule has 0 spiro atoms. The number of rotatable bonds is 4. The van der Waals surface area contributed by atoms with Gasteiger partial charge in [0.25, 0.3) is 0 Å². The number of halogens is 1. The number of carbonyl (C=O) groups excluding carboxylic acids is 1. The summed E-state index contributed by atoms with van der Waals surface area (Å²) in [6.45, 7) is 1.90. The summed E-state index contributed by atoms with van der Waals surface area (Å²) in [5, 5.41) is 6.14. The minimum atomic E-state index is -0.113. The first-order valence-electron chi connectivity index (χ1n) is 5.37. The van der Waals surface area contributed by atoms with E-state index < -0.39 is 0 Å². The number of hydrogen-bond donors (Lipinski definition) is 2. The normalized spacial score (nSPS) is 16.1. The van der Waals surface area contributed by atoms with Crippen LogP contribution in [0.25, 0.3) is 0 Å². The van der Waals surface area contributed by atoms with Crippen molar-refractivity contribution in [1.82, 2.24) is 5.32 Å². The lowest BCUT2D eigenvalue weighted by atomic mass is 10.2. The number of nitrogens with one attached hydrogen (secondary N) is 2. The van der Waals surface area contributed by atoms with E-state index in [1.807, 2.05) is 37.3 Å². The van der Waals surface area contributed by atoms with Crippen molar-refractivity contribution in [3.63, 3.8) is 0 Å². The Balaban J connectivity index is 0.00000128. The van der Waals surface area contributed by atoms with E-state index in [0.29, 0.717) is 6.04 Å². The van der Waals surface area contributed by atoms with E-state index in [2.05, 4.69) is 10.6 Å². The molecule has 0 bridgehead atoms. The molecule has 2 N–H and O–H groups in total. The standard InChI is InChI=1S/C12H16N2O.ClH/c1-9(13-11-7-8-11)12(15)14-10-5-3-2-4-6-10;/h2-6,9,11,13H,7-8H2,1H3,(H,14,15);1H. The lowest BCUT2D eigenvalue weighted by molar-refractivity contribution is -0.117. The van der Waals surface area contributed by atoms with Crippen molar-refractivity contribution in [2.75, 3.05) is 5.32 Å². The molecule has 1 atom stereocenters. The van der Waals surface area contributed by atoms with Crippen molar-refractivity contribution in [1.29, 1.82) is 0 Å². The van der Waals surface area contributed by atoms with Gasteiger partial charge in [-0.1, -0.05) is 18.2 Å². The number of amides is 1. The molecule has 1 aromatic carbocycles. The van der Waals surface area contributed by atoms with Crippen LogP contribution in [-0.4, -0.2) is 18.0 Å². The predicted octanol–water partition coefficient (Wildman–Crippen LogP) is 2.19. The summed E-state index contributed by atoms with van der Waals surface area (Å²) in [6, 6.07) is 9.98. The van der Waals surface area contributed by atoms with Gasteiger partial charge in [0.2, 0.25) is 5.91 Å². The quantitative estimate of drug-likeness (QED) is 0.847. The minimum absolute atomic E-state index is 0. The Bertz CT molecular complexity index is 338. The molecule has 2 rings (SSSR count).